The number of aromatic nitrogens is 1. The van der Waals surface area contributed by atoms with Gasteiger partial charge in [-0.25, -0.2) is 4.98 Å². The summed E-state index contributed by atoms with van der Waals surface area (Å²) in [4.78, 5) is 4.26. The number of benzene rings is 1. The Morgan fingerprint density at radius 1 is 1.15 bits per heavy atom. The molecule has 20 heavy (non-hydrogen) atoms. The standard InChI is InChI=1S/C15H20N2O3/c1-10(2)16-8-14-15(20-9-17-14)11-5-12(18-3)7-13(6-11)19-4/h5-7,9-10,16H,8H2,1-4H3. The van der Waals surface area contributed by atoms with Crippen molar-refractivity contribution in [2.45, 2.75) is 26.4 Å². The van der Waals surface area contributed by atoms with E-state index in [2.05, 4.69) is 24.1 Å². The van der Waals surface area contributed by atoms with Gasteiger partial charge in [0, 0.05) is 24.2 Å². The number of oxazole rings is 1. The van der Waals surface area contributed by atoms with Crippen molar-refractivity contribution in [2.24, 2.45) is 0 Å². The van der Waals surface area contributed by atoms with Gasteiger partial charge in [0.05, 0.1) is 14.2 Å². The normalized spacial score (nSPS) is 10.8. The van der Waals surface area contributed by atoms with Crippen molar-refractivity contribution in [1.29, 1.82) is 0 Å². The van der Waals surface area contributed by atoms with Gasteiger partial charge in [0.15, 0.2) is 12.2 Å². The summed E-state index contributed by atoms with van der Waals surface area (Å²) in [6.07, 6.45) is 1.46. The highest BCUT2D eigenvalue weighted by Crippen LogP contribution is 2.31. The van der Waals surface area contributed by atoms with Gasteiger partial charge in [-0.15, -0.1) is 0 Å². The van der Waals surface area contributed by atoms with Crippen LogP contribution in [0.25, 0.3) is 11.3 Å². The lowest BCUT2D eigenvalue weighted by Crippen LogP contribution is -2.22. The Bertz CT molecular complexity index is 542. The number of hydrogen-bond donors (Lipinski definition) is 1. The Morgan fingerprint density at radius 2 is 1.80 bits per heavy atom. The minimum atomic E-state index is 0.388. The molecule has 0 spiro atoms. The zero-order chi connectivity index (χ0) is 14.5. The predicted molar refractivity (Wildman–Crippen MR) is 77.0 cm³/mol. The molecule has 0 unspecified atom stereocenters. The maximum Gasteiger partial charge on any atom is 0.181 e. The molecule has 1 N–H and O–H groups in total. The second-order valence-corrected chi connectivity index (χ2v) is 4.77. The molecular formula is C15H20N2O3. The molecule has 5 nitrogen and oxygen atoms in total. The van der Waals surface area contributed by atoms with Crippen LogP contribution >= 0.6 is 0 Å². The van der Waals surface area contributed by atoms with Crippen LogP contribution in [0, 0.1) is 0 Å². The van der Waals surface area contributed by atoms with E-state index in [9.17, 15) is 0 Å². The third kappa shape index (κ3) is 3.30. The summed E-state index contributed by atoms with van der Waals surface area (Å²) in [7, 11) is 3.25. The minimum absolute atomic E-state index is 0.388. The van der Waals surface area contributed by atoms with Crippen molar-refractivity contribution in [3.63, 3.8) is 0 Å². The topological polar surface area (TPSA) is 56.5 Å². The fraction of sp³-hybridized carbons (Fsp3) is 0.400. The lowest BCUT2D eigenvalue weighted by atomic mass is 10.1. The number of rotatable bonds is 6. The molecule has 2 rings (SSSR count). The first-order chi connectivity index (χ1) is 9.63. The molecule has 5 heteroatoms. The molecule has 0 aliphatic heterocycles. The number of hydrogen-bond acceptors (Lipinski definition) is 5. The molecular weight excluding hydrogens is 256 g/mol. The number of nitrogens with zero attached hydrogens (tertiary/aromatic N) is 1. The van der Waals surface area contributed by atoms with Crippen LogP contribution < -0.4 is 14.8 Å². The van der Waals surface area contributed by atoms with Crippen LogP contribution in [0.3, 0.4) is 0 Å². The molecule has 108 valence electrons. The molecule has 1 heterocycles. The van der Waals surface area contributed by atoms with Crippen molar-refractivity contribution in [3.8, 4) is 22.8 Å². The molecule has 0 bridgehead atoms. The Labute approximate surface area is 118 Å². The fourth-order valence-corrected chi connectivity index (χ4v) is 1.87. The van der Waals surface area contributed by atoms with E-state index in [1.54, 1.807) is 14.2 Å². The van der Waals surface area contributed by atoms with E-state index in [-0.39, 0.29) is 0 Å². The summed E-state index contributed by atoms with van der Waals surface area (Å²) in [5, 5.41) is 3.33. The quantitative estimate of drug-likeness (QED) is 0.879. The molecule has 0 saturated carbocycles. The van der Waals surface area contributed by atoms with E-state index >= 15 is 0 Å². The van der Waals surface area contributed by atoms with Gasteiger partial charge < -0.3 is 19.2 Å². The van der Waals surface area contributed by atoms with Gasteiger partial charge >= 0.3 is 0 Å². The average Bonchev–Trinajstić information content (AvgIpc) is 2.92. The second-order valence-electron chi connectivity index (χ2n) is 4.77. The van der Waals surface area contributed by atoms with Gasteiger partial charge in [-0.05, 0) is 12.1 Å². The number of ether oxygens (including phenoxy) is 2. The number of methoxy groups -OCH3 is 2. The maximum atomic E-state index is 5.52. The Hall–Kier alpha value is -2.01. The Kier molecular flexibility index (Phi) is 4.63. The van der Waals surface area contributed by atoms with Gasteiger partial charge in [0.2, 0.25) is 0 Å². The molecule has 0 radical (unpaired) electrons. The van der Waals surface area contributed by atoms with Gasteiger partial charge in [0.25, 0.3) is 0 Å². The van der Waals surface area contributed by atoms with E-state index in [0.717, 1.165) is 28.5 Å². The summed E-state index contributed by atoms with van der Waals surface area (Å²) in [5.74, 6) is 2.17. The molecule has 1 aromatic carbocycles. The highest BCUT2D eigenvalue weighted by atomic mass is 16.5. The van der Waals surface area contributed by atoms with E-state index < -0.39 is 0 Å². The SMILES string of the molecule is COc1cc(OC)cc(-c2ocnc2CNC(C)C)c1. The first kappa shape index (κ1) is 14.4. The van der Waals surface area contributed by atoms with Crippen LogP contribution in [-0.4, -0.2) is 25.2 Å². The lowest BCUT2D eigenvalue weighted by molar-refractivity contribution is 0.394. The smallest absolute Gasteiger partial charge is 0.181 e. The second kappa shape index (κ2) is 6.43. The van der Waals surface area contributed by atoms with Crippen LogP contribution in [0.4, 0.5) is 0 Å². The third-order valence-electron chi connectivity index (χ3n) is 2.93. The van der Waals surface area contributed by atoms with Crippen LogP contribution in [0.1, 0.15) is 19.5 Å². The van der Waals surface area contributed by atoms with E-state index in [0.29, 0.717) is 12.6 Å². The molecule has 0 aliphatic carbocycles. The summed E-state index contributed by atoms with van der Waals surface area (Å²) >= 11 is 0. The molecule has 0 amide bonds. The van der Waals surface area contributed by atoms with Crippen molar-refractivity contribution in [2.75, 3.05) is 14.2 Å². The third-order valence-corrected chi connectivity index (χ3v) is 2.93. The molecule has 1 aromatic heterocycles. The zero-order valence-electron chi connectivity index (χ0n) is 12.3. The summed E-state index contributed by atoms with van der Waals surface area (Å²) < 4.78 is 16.1. The van der Waals surface area contributed by atoms with Crippen molar-refractivity contribution < 1.29 is 13.9 Å². The van der Waals surface area contributed by atoms with Gasteiger partial charge in [-0.2, -0.15) is 0 Å². The van der Waals surface area contributed by atoms with Gasteiger partial charge in [-0.1, -0.05) is 13.8 Å². The van der Waals surface area contributed by atoms with E-state index in [1.807, 2.05) is 18.2 Å². The first-order valence-electron chi connectivity index (χ1n) is 6.53. The van der Waals surface area contributed by atoms with E-state index in [4.69, 9.17) is 13.9 Å². The van der Waals surface area contributed by atoms with Crippen LogP contribution in [-0.2, 0) is 6.54 Å². The molecule has 0 fully saturated rings. The molecule has 0 saturated heterocycles. The molecule has 0 atom stereocenters. The summed E-state index contributed by atoms with van der Waals surface area (Å²) in [5.41, 5.74) is 1.76. The monoisotopic (exact) mass is 276 g/mol. The largest absolute Gasteiger partial charge is 0.497 e. The summed E-state index contributed by atoms with van der Waals surface area (Å²) in [6, 6.07) is 6.02. The van der Waals surface area contributed by atoms with Crippen molar-refractivity contribution in [1.82, 2.24) is 10.3 Å². The number of nitrogens with one attached hydrogen (secondary N) is 1. The van der Waals surface area contributed by atoms with E-state index in [1.165, 1.54) is 6.39 Å². The highest BCUT2D eigenvalue weighted by Gasteiger charge is 2.13. The van der Waals surface area contributed by atoms with Gasteiger partial charge in [-0.3, -0.25) is 0 Å². The van der Waals surface area contributed by atoms with Crippen LogP contribution in [0.2, 0.25) is 0 Å². The highest BCUT2D eigenvalue weighted by molar-refractivity contribution is 5.64. The Morgan fingerprint density at radius 3 is 2.35 bits per heavy atom. The van der Waals surface area contributed by atoms with Crippen molar-refractivity contribution in [3.05, 3.63) is 30.3 Å². The lowest BCUT2D eigenvalue weighted by Gasteiger charge is -2.09. The minimum Gasteiger partial charge on any atom is -0.497 e. The first-order valence-corrected chi connectivity index (χ1v) is 6.53. The van der Waals surface area contributed by atoms with Gasteiger partial charge in [0.1, 0.15) is 17.2 Å². The predicted octanol–water partition coefficient (Wildman–Crippen LogP) is 2.86. The van der Waals surface area contributed by atoms with Crippen LogP contribution in [0.15, 0.2) is 29.0 Å². The summed E-state index contributed by atoms with van der Waals surface area (Å²) in [6.45, 7) is 4.84. The fourth-order valence-electron chi connectivity index (χ4n) is 1.87. The van der Waals surface area contributed by atoms with Crippen molar-refractivity contribution >= 4 is 0 Å². The zero-order valence-corrected chi connectivity index (χ0v) is 12.3. The molecule has 0 aliphatic rings. The maximum absolute atomic E-state index is 5.52. The molecule has 2 aromatic rings. The van der Waals surface area contributed by atoms with Crippen LogP contribution in [0.5, 0.6) is 11.5 Å². The Balaban J connectivity index is 2.33. The average molecular weight is 276 g/mol.